The Morgan fingerprint density at radius 1 is 1.12 bits per heavy atom. The van der Waals surface area contributed by atoms with Gasteiger partial charge in [-0.15, -0.1) is 0 Å². The Morgan fingerprint density at radius 2 is 1.71 bits per heavy atom. The van der Waals surface area contributed by atoms with Crippen molar-refractivity contribution in [1.82, 2.24) is 10.8 Å². The van der Waals surface area contributed by atoms with Gasteiger partial charge in [0.2, 0.25) is 5.91 Å². The van der Waals surface area contributed by atoms with Gasteiger partial charge in [-0.25, -0.2) is 9.87 Å². The molecule has 0 aromatic heterocycles. The third-order valence-electron chi connectivity index (χ3n) is 4.25. The Labute approximate surface area is 138 Å². The molecule has 1 aliphatic heterocycles. The van der Waals surface area contributed by atoms with Crippen LogP contribution in [0.25, 0.3) is 11.1 Å². The molecule has 2 aromatic carbocycles. The van der Waals surface area contributed by atoms with E-state index in [2.05, 4.69) is 5.32 Å². The molecular formula is C18H17FN2O3. The monoisotopic (exact) mass is 328 g/mol. The van der Waals surface area contributed by atoms with Gasteiger partial charge in [0.25, 0.3) is 5.91 Å². The Morgan fingerprint density at radius 3 is 2.29 bits per heavy atom. The second-order valence-corrected chi connectivity index (χ2v) is 5.88. The number of rotatable bonds is 4. The van der Waals surface area contributed by atoms with E-state index in [1.807, 2.05) is 24.3 Å². The number of benzene rings is 2. The number of carbonyl (C=O) groups excluding carboxylic acids is 2. The van der Waals surface area contributed by atoms with Crippen LogP contribution in [0.3, 0.4) is 0 Å². The molecule has 1 fully saturated rings. The molecule has 1 heterocycles. The van der Waals surface area contributed by atoms with Crippen LogP contribution in [-0.2, 0) is 16.0 Å². The molecule has 0 aliphatic carbocycles. The summed E-state index contributed by atoms with van der Waals surface area (Å²) in [6, 6.07) is 13.3. The largest absolute Gasteiger partial charge is 0.344 e. The van der Waals surface area contributed by atoms with E-state index in [4.69, 9.17) is 5.21 Å². The molecule has 0 saturated carbocycles. The molecule has 2 aromatic rings. The number of hydrogen-bond acceptors (Lipinski definition) is 3. The number of amides is 2. The van der Waals surface area contributed by atoms with E-state index in [1.54, 1.807) is 17.6 Å². The molecule has 5 nitrogen and oxygen atoms in total. The Kier molecular flexibility index (Phi) is 4.57. The number of hydroxylamine groups is 1. The lowest BCUT2D eigenvalue weighted by molar-refractivity contribution is -0.132. The van der Waals surface area contributed by atoms with Crippen molar-refractivity contribution >= 4 is 11.8 Å². The number of hydrogen-bond donors (Lipinski definition) is 3. The topological polar surface area (TPSA) is 78.4 Å². The lowest BCUT2D eigenvalue weighted by Gasteiger charge is -2.09. The quantitative estimate of drug-likeness (QED) is 0.594. The molecule has 1 saturated heterocycles. The summed E-state index contributed by atoms with van der Waals surface area (Å²) in [7, 11) is 0. The molecule has 2 amide bonds. The van der Waals surface area contributed by atoms with E-state index in [-0.39, 0.29) is 17.6 Å². The summed E-state index contributed by atoms with van der Waals surface area (Å²) in [6.45, 7) is 0. The van der Waals surface area contributed by atoms with Crippen molar-refractivity contribution in [3.8, 4) is 11.1 Å². The minimum Gasteiger partial charge on any atom is -0.344 e. The Bertz CT molecular complexity index is 744. The van der Waals surface area contributed by atoms with Gasteiger partial charge in [-0.3, -0.25) is 14.8 Å². The maximum atomic E-state index is 13.0. The Hall–Kier alpha value is -2.73. The first-order chi connectivity index (χ1) is 11.6. The smallest absolute Gasteiger partial charge is 0.265 e. The fraction of sp³-hybridized carbons (Fsp3) is 0.222. The van der Waals surface area contributed by atoms with Crippen molar-refractivity contribution in [2.75, 3.05) is 0 Å². The fourth-order valence-corrected chi connectivity index (χ4v) is 2.93. The standard InChI is InChI=1S/C18H17FN2O3/c19-15-7-5-13(6-8-15)12-3-1-11(2-4-12)9-14-10-16(18(23)21-24)20-17(14)22/h1-8,14,16,24H,9-10H2,(H,20,22)(H,21,23)/t14-,16+/m0/s1. The summed E-state index contributed by atoms with van der Waals surface area (Å²) in [5.74, 6) is -1.36. The van der Waals surface area contributed by atoms with Crippen LogP contribution in [0.1, 0.15) is 12.0 Å². The van der Waals surface area contributed by atoms with Crippen molar-refractivity contribution in [2.45, 2.75) is 18.9 Å². The van der Waals surface area contributed by atoms with Crippen molar-refractivity contribution in [2.24, 2.45) is 5.92 Å². The molecule has 24 heavy (non-hydrogen) atoms. The molecule has 0 unspecified atom stereocenters. The second kappa shape index (κ2) is 6.80. The van der Waals surface area contributed by atoms with E-state index in [9.17, 15) is 14.0 Å². The van der Waals surface area contributed by atoms with Crippen LogP contribution in [-0.4, -0.2) is 23.1 Å². The van der Waals surface area contributed by atoms with E-state index in [0.717, 1.165) is 16.7 Å². The first-order valence-corrected chi connectivity index (χ1v) is 7.66. The fourth-order valence-electron chi connectivity index (χ4n) is 2.93. The van der Waals surface area contributed by atoms with Gasteiger partial charge < -0.3 is 5.32 Å². The maximum absolute atomic E-state index is 13.0. The molecular weight excluding hydrogens is 311 g/mol. The summed E-state index contributed by atoms with van der Waals surface area (Å²) in [6.07, 6.45) is 0.871. The molecule has 0 radical (unpaired) electrons. The average molecular weight is 328 g/mol. The van der Waals surface area contributed by atoms with Crippen molar-refractivity contribution in [3.05, 3.63) is 59.9 Å². The summed E-state index contributed by atoms with van der Waals surface area (Å²) < 4.78 is 13.0. The molecule has 2 atom stereocenters. The molecule has 0 bridgehead atoms. The number of nitrogens with one attached hydrogen (secondary N) is 2. The zero-order valence-corrected chi connectivity index (χ0v) is 12.8. The molecule has 3 N–H and O–H groups in total. The maximum Gasteiger partial charge on any atom is 0.265 e. The summed E-state index contributed by atoms with van der Waals surface area (Å²) in [5, 5.41) is 11.2. The van der Waals surface area contributed by atoms with Gasteiger partial charge in [-0.2, -0.15) is 0 Å². The highest BCUT2D eigenvalue weighted by molar-refractivity contribution is 5.91. The summed E-state index contributed by atoms with van der Waals surface area (Å²) >= 11 is 0. The third-order valence-corrected chi connectivity index (χ3v) is 4.25. The second-order valence-electron chi connectivity index (χ2n) is 5.88. The first kappa shape index (κ1) is 16.1. The van der Waals surface area contributed by atoms with Gasteiger partial charge in [0.1, 0.15) is 11.9 Å². The van der Waals surface area contributed by atoms with Crippen molar-refractivity contribution in [1.29, 1.82) is 0 Å². The van der Waals surface area contributed by atoms with Crippen LogP contribution in [0.4, 0.5) is 4.39 Å². The Balaban J connectivity index is 1.67. The molecule has 1 aliphatic rings. The van der Waals surface area contributed by atoms with Crippen molar-refractivity contribution < 1.29 is 19.2 Å². The van der Waals surface area contributed by atoms with Gasteiger partial charge in [-0.05, 0) is 41.7 Å². The van der Waals surface area contributed by atoms with E-state index in [1.165, 1.54) is 12.1 Å². The van der Waals surface area contributed by atoms with Crippen molar-refractivity contribution in [3.63, 3.8) is 0 Å². The predicted octanol–water partition coefficient (Wildman–Crippen LogP) is 2.05. The van der Waals surface area contributed by atoms with Crippen LogP contribution < -0.4 is 10.8 Å². The van der Waals surface area contributed by atoms with Crippen LogP contribution in [0.2, 0.25) is 0 Å². The zero-order valence-electron chi connectivity index (χ0n) is 12.8. The minimum absolute atomic E-state index is 0.189. The lowest BCUT2D eigenvalue weighted by Crippen LogP contribution is -2.40. The van der Waals surface area contributed by atoms with Crippen LogP contribution >= 0.6 is 0 Å². The molecule has 3 rings (SSSR count). The molecule has 0 spiro atoms. The van der Waals surface area contributed by atoms with Gasteiger partial charge in [0.15, 0.2) is 0 Å². The predicted molar refractivity (Wildman–Crippen MR) is 85.5 cm³/mol. The normalized spacial score (nSPS) is 19.8. The molecule has 124 valence electrons. The van der Waals surface area contributed by atoms with Gasteiger partial charge >= 0.3 is 0 Å². The number of halogens is 1. The lowest BCUT2D eigenvalue weighted by atomic mass is 9.94. The SMILES string of the molecule is O=C1N[C@@H](C(=O)NO)C[C@@H]1Cc1ccc(-c2ccc(F)cc2)cc1. The van der Waals surface area contributed by atoms with E-state index >= 15 is 0 Å². The molecule has 6 heteroatoms. The summed E-state index contributed by atoms with van der Waals surface area (Å²) in [4.78, 5) is 23.3. The summed E-state index contributed by atoms with van der Waals surface area (Å²) in [5.41, 5.74) is 4.42. The van der Waals surface area contributed by atoms with E-state index < -0.39 is 11.9 Å². The minimum atomic E-state index is -0.689. The highest BCUT2D eigenvalue weighted by Crippen LogP contribution is 2.24. The van der Waals surface area contributed by atoms with Crippen LogP contribution in [0.5, 0.6) is 0 Å². The first-order valence-electron chi connectivity index (χ1n) is 7.66. The number of carbonyl (C=O) groups is 2. The van der Waals surface area contributed by atoms with Gasteiger partial charge in [0.05, 0.1) is 0 Å². The highest BCUT2D eigenvalue weighted by Gasteiger charge is 2.35. The van der Waals surface area contributed by atoms with Gasteiger partial charge in [-0.1, -0.05) is 36.4 Å². The average Bonchev–Trinajstić information content (AvgIpc) is 2.96. The van der Waals surface area contributed by atoms with Crippen LogP contribution in [0.15, 0.2) is 48.5 Å². The highest BCUT2D eigenvalue weighted by atomic mass is 19.1. The third kappa shape index (κ3) is 3.44. The van der Waals surface area contributed by atoms with Crippen LogP contribution in [0, 0.1) is 11.7 Å². The van der Waals surface area contributed by atoms with E-state index in [0.29, 0.717) is 12.8 Å². The zero-order chi connectivity index (χ0) is 17.1. The van der Waals surface area contributed by atoms with Gasteiger partial charge in [0, 0.05) is 5.92 Å².